The number of aromatic nitrogens is 1. The summed E-state index contributed by atoms with van der Waals surface area (Å²) in [6.45, 7) is 0. The van der Waals surface area contributed by atoms with E-state index < -0.39 is 10.8 Å². The average Bonchev–Trinajstić information content (AvgIpc) is 2.90. The summed E-state index contributed by atoms with van der Waals surface area (Å²) in [7, 11) is 3.53. The second-order valence-electron chi connectivity index (χ2n) is 4.14. The Morgan fingerprint density at radius 2 is 2.20 bits per heavy atom. The van der Waals surface area contributed by atoms with Crippen LogP contribution in [0.5, 0.6) is 0 Å². The van der Waals surface area contributed by atoms with Crippen LogP contribution in [0, 0.1) is 10.1 Å². The normalized spacial score (nSPS) is 10.1. The lowest BCUT2D eigenvalue weighted by atomic mass is 10.1. The van der Waals surface area contributed by atoms with Gasteiger partial charge in [-0.3, -0.25) is 20.2 Å². The van der Waals surface area contributed by atoms with Gasteiger partial charge in [0.1, 0.15) is 0 Å². The number of non-ortho nitro benzene ring substituents is 1. The Balaban J connectivity index is 2.38. The number of carbonyl (C=O) groups is 1. The molecular weight excluding hydrogens is 280 g/mol. The second-order valence-corrected chi connectivity index (χ2v) is 5.04. The zero-order valence-corrected chi connectivity index (χ0v) is 11.7. The molecule has 7 nitrogen and oxygen atoms in total. The van der Waals surface area contributed by atoms with Crippen molar-refractivity contribution in [2.24, 2.45) is 0 Å². The number of carbonyl (C=O) groups excluding carboxylic acids is 1. The number of rotatable bonds is 4. The van der Waals surface area contributed by atoms with Crippen molar-refractivity contribution >= 4 is 33.8 Å². The molecule has 0 aliphatic carbocycles. The van der Waals surface area contributed by atoms with Gasteiger partial charge in [0.25, 0.3) is 11.6 Å². The lowest BCUT2D eigenvalue weighted by Gasteiger charge is -2.16. The van der Waals surface area contributed by atoms with Crippen LogP contribution in [0.1, 0.15) is 10.4 Å². The Morgan fingerprint density at radius 3 is 2.75 bits per heavy atom. The number of hydrogen-bond donors (Lipinski definition) is 1. The first-order valence-electron chi connectivity index (χ1n) is 5.65. The Morgan fingerprint density at radius 1 is 1.45 bits per heavy atom. The molecule has 0 saturated carbocycles. The van der Waals surface area contributed by atoms with E-state index in [4.69, 9.17) is 0 Å². The van der Waals surface area contributed by atoms with Crippen LogP contribution in [-0.2, 0) is 0 Å². The van der Waals surface area contributed by atoms with E-state index in [0.717, 1.165) is 0 Å². The van der Waals surface area contributed by atoms with Gasteiger partial charge in [0, 0.05) is 43.5 Å². The van der Waals surface area contributed by atoms with Gasteiger partial charge in [0.15, 0.2) is 5.13 Å². The first-order valence-corrected chi connectivity index (χ1v) is 6.53. The quantitative estimate of drug-likeness (QED) is 0.690. The molecule has 0 saturated heterocycles. The molecule has 2 rings (SSSR count). The molecule has 0 aliphatic rings. The predicted octanol–water partition coefficient (Wildman–Crippen LogP) is 2.37. The van der Waals surface area contributed by atoms with Gasteiger partial charge in [-0.2, -0.15) is 0 Å². The fourth-order valence-corrected chi connectivity index (χ4v) is 2.18. The monoisotopic (exact) mass is 292 g/mol. The van der Waals surface area contributed by atoms with Gasteiger partial charge in [0.2, 0.25) is 0 Å². The first kappa shape index (κ1) is 13.9. The smallest absolute Gasteiger partial charge is 0.270 e. The highest BCUT2D eigenvalue weighted by molar-refractivity contribution is 7.13. The molecule has 0 bridgehead atoms. The van der Waals surface area contributed by atoms with Crippen molar-refractivity contribution in [2.45, 2.75) is 0 Å². The molecule has 1 N–H and O–H groups in total. The van der Waals surface area contributed by atoms with Crippen molar-refractivity contribution in [3.8, 4) is 0 Å². The van der Waals surface area contributed by atoms with E-state index in [9.17, 15) is 14.9 Å². The van der Waals surface area contributed by atoms with Crippen molar-refractivity contribution in [3.05, 3.63) is 45.5 Å². The molecular formula is C12H12N4O3S. The number of hydrogen-bond acceptors (Lipinski definition) is 6. The van der Waals surface area contributed by atoms with Crippen LogP contribution in [0.15, 0.2) is 29.8 Å². The molecule has 1 aromatic heterocycles. The average molecular weight is 292 g/mol. The standard InChI is InChI=1S/C12H12N4O3S/c1-15(2)10-4-3-8(16(18)19)7-9(10)11(17)14-12-13-5-6-20-12/h3-7H,1-2H3,(H,13,14,17). The molecule has 1 heterocycles. The van der Waals surface area contributed by atoms with Gasteiger partial charge in [-0.1, -0.05) is 0 Å². The molecule has 0 unspecified atom stereocenters. The lowest BCUT2D eigenvalue weighted by Crippen LogP contribution is -2.18. The van der Waals surface area contributed by atoms with E-state index in [1.165, 1.54) is 23.5 Å². The van der Waals surface area contributed by atoms with E-state index in [0.29, 0.717) is 10.8 Å². The number of nitrogens with zero attached hydrogens (tertiary/aromatic N) is 3. The summed E-state index contributed by atoms with van der Waals surface area (Å²) in [6.07, 6.45) is 1.57. The van der Waals surface area contributed by atoms with E-state index in [-0.39, 0.29) is 11.3 Å². The summed E-state index contributed by atoms with van der Waals surface area (Å²) >= 11 is 1.28. The Hall–Kier alpha value is -2.48. The Labute approximate surface area is 119 Å². The molecule has 0 spiro atoms. The summed E-state index contributed by atoms with van der Waals surface area (Å²) < 4.78 is 0. The Kier molecular flexibility index (Phi) is 3.94. The van der Waals surface area contributed by atoms with Crippen LogP contribution in [0.2, 0.25) is 0 Å². The van der Waals surface area contributed by atoms with Crippen molar-refractivity contribution in [2.75, 3.05) is 24.3 Å². The van der Waals surface area contributed by atoms with Crippen molar-refractivity contribution in [1.29, 1.82) is 0 Å². The maximum absolute atomic E-state index is 12.2. The van der Waals surface area contributed by atoms with Crippen LogP contribution in [0.4, 0.5) is 16.5 Å². The van der Waals surface area contributed by atoms with Gasteiger partial charge in [-0.15, -0.1) is 11.3 Å². The van der Waals surface area contributed by atoms with Gasteiger partial charge >= 0.3 is 0 Å². The third-order valence-corrected chi connectivity index (χ3v) is 3.26. The topological polar surface area (TPSA) is 88.4 Å². The zero-order valence-electron chi connectivity index (χ0n) is 10.9. The fourth-order valence-electron chi connectivity index (χ4n) is 1.66. The third-order valence-electron chi connectivity index (χ3n) is 2.57. The SMILES string of the molecule is CN(C)c1ccc([N+](=O)[O-])cc1C(=O)Nc1nccs1. The summed E-state index contributed by atoms with van der Waals surface area (Å²) in [5.74, 6) is -0.424. The number of nitro benzene ring substituents is 1. The van der Waals surface area contributed by atoms with Crippen LogP contribution >= 0.6 is 11.3 Å². The molecule has 0 atom stereocenters. The minimum Gasteiger partial charge on any atom is -0.377 e. The third kappa shape index (κ3) is 2.91. The number of nitro groups is 1. The van der Waals surface area contributed by atoms with Crippen molar-refractivity contribution in [3.63, 3.8) is 0 Å². The largest absolute Gasteiger partial charge is 0.377 e. The molecule has 0 radical (unpaired) electrons. The number of amides is 1. The van der Waals surface area contributed by atoms with E-state index in [2.05, 4.69) is 10.3 Å². The number of thiazole rings is 1. The molecule has 1 aromatic carbocycles. The number of benzene rings is 1. The number of anilines is 2. The summed E-state index contributed by atoms with van der Waals surface area (Å²) in [4.78, 5) is 28.2. The second kappa shape index (κ2) is 5.66. The minimum atomic E-state index is -0.528. The predicted molar refractivity (Wildman–Crippen MR) is 77.5 cm³/mol. The lowest BCUT2D eigenvalue weighted by molar-refractivity contribution is -0.384. The zero-order chi connectivity index (χ0) is 14.7. The maximum Gasteiger partial charge on any atom is 0.270 e. The van der Waals surface area contributed by atoms with Crippen LogP contribution in [0.3, 0.4) is 0 Å². The Bertz CT molecular complexity index is 640. The van der Waals surface area contributed by atoms with E-state index in [1.54, 1.807) is 36.6 Å². The van der Waals surface area contributed by atoms with Gasteiger partial charge in [-0.05, 0) is 6.07 Å². The van der Waals surface area contributed by atoms with E-state index in [1.807, 2.05) is 0 Å². The summed E-state index contributed by atoms with van der Waals surface area (Å²) in [5, 5.41) is 15.6. The molecule has 0 fully saturated rings. The van der Waals surface area contributed by atoms with Gasteiger partial charge in [-0.25, -0.2) is 4.98 Å². The molecule has 0 aliphatic heterocycles. The minimum absolute atomic E-state index is 0.125. The van der Waals surface area contributed by atoms with E-state index >= 15 is 0 Å². The summed E-state index contributed by atoms with van der Waals surface area (Å²) in [6, 6.07) is 4.18. The highest BCUT2D eigenvalue weighted by Crippen LogP contribution is 2.25. The summed E-state index contributed by atoms with van der Waals surface area (Å²) in [5.41, 5.74) is 0.712. The van der Waals surface area contributed by atoms with Crippen LogP contribution in [-0.4, -0.2) is 29.9 Å². The molecule has 20 heavy (non-hydrogen) atoms. The highest BCUT2D eigenvalue weighted by Gasteiger charge is 2.18. The van der Waals surface area contributed by atoms with Gasteiger partial charge in [0.05, 0.1) is 10.5 Å². The molecule has 8 heteroatoms. The highest BCUT2D eigenvalue weighted by atomic mass is 32.1. The van der Waals surface area contributed by atoms with Crippen molar-refractivity contribution in [1.82, 2.24) is 4.98 Å². The van der Waals surface area contributed by atoms with Gasteiger partial charge < -0.3 is 4.90 Å². The maximum atomic E-state index is 12.2. The van der Waals surface area contributed by atoms with Crippen LogP contribution < -0.4 is 10.2 Å². The molecule has 104 valence electrons. The molecule has 2 aromatic rings. The first-order chi connectivity index (χ1) is 9.49. The molecule has 1 amide bonds. The fraction of sp³-hybridized carbons (Fsp3) is 0.167. The number of nitrogens with one attached hydrogen (secondary N) is 1. The van der Waals surface area contributed by atoms with Crippen molar-refractivity contribution < 1.29 is 9.72 Å². The van der Waals surface area contributed by atoms with Crippen LogP contribution in [0.25, 0.3) is 0 Å².